The first kappa shape index (κ1) is 16.2. The van der Waals surface area contributed by atoms with Crippen molar-refractivity contribution in [2.24, 2.45) is 0 Å². The van der Waals surface area contributed by atoms with Crippen molar-refractivity contribution < 1.29 is 18.8 Å². The van der Waals surface area contributed by atoms with Gasteiger partial charge < -0.3 is 14.6 Å². The molecule has 7 heteroatoms. The molecule has 1 saturated carbocycles. The van der Waals surface area contributed by atoms with Crippen LogP contribution in [0.5, 0.6) is 5.75 Å². The SMILES string of the molecule is COc1cccc(-c2cc(C3(C(=O)NC4CCSC4=O)CC3)no2)c1. The van der Waals surface area contributed by atoms with Gasteiger partial charge in [-0.1, -0.05) is 29.1 Å². The zero-order valence-electron chi connectivity index (χ0n) is 13.8. The molecule has 4 rings (SSSR count). The van der Waals surface area contributed by atoms with Gasteiger partial charge >= 0.3 is 0 Å². The zero-order valence-corrected chi connectivity index (χ0v) is 14.6. The maximum atomic E-state index is 12.7. The minimum Gasteiger partial charge on any atom is -0.497 e. The smallest absolute Gasteiger partial charge is 0.233 e. The first-order valence-electron chi connectivity index (χ1n) is 8.22. The lowest BCUT2D eigenvalue weighted by Crippen LogP contribution is -2.43. The number of hydrogen-bond acceptors (Lipinski definition) is 6. The van der Waals surface area contributed by atoms with E-state index in [1.807, 2.05) is 30.3 Å². The second-order valence-electron chi connectivity index (χ2n) is 6.37. The van der Waals surface area contributed by atoms with E-state index in [4.69, 9.17) is 9.26 Å². The molecule has 130 valence electrons. The fraction of sp³-hybridized carbons (Fsp3) is 0.389. The molecule has 1 aliphatic carbocycles. The first-order valence-corrected chi connectivity index (χ1v) is 9.20. The van der Waals surface area contributed by atoms with Crippen LogP contribution in [-0.4, -0.2) is 35.1 Å². The molecule has 6 nitrogen and oxygen atoms in total. The van der Waals surface area contributed by atoms with E-state index in [1.165, 1.54) is 11.8 Å². The predicted octanol–water partition coefficient (Wildman–Crippen LogP) is 2.53. The van der Waals surface area contributed by atoms with E-state index in [1.54, 1.807) is 7.11 Å². The summed E-state index contributed by atoms with van der Waals surface area (Å²) in [6.45, 7) is 0. The molecule has 1 saturated heterocycles. The van der Waals surface area contributed by atoms with Crippen LogP contribution in [0, 0.1) is 0 Å². The highest BCUT2D eigenvalue weighted by molar-refractivity contribution is 8.14. The zero-order chi connectivity index (χ0) is 17.4. The lowest BCUT2D eigenvalue weighted by Gasteiger charge is -2.15. The van der Waals surface area contributed by atoms with Gasteiger partial charge in [0.1, 0.15) is 5.75 Å². The Bertz CT molecular complexity index is 828. The molecule has 25 heavy (non-hydrogen) atoms. The number of nitrogens with zero attached hydrogens (tertiary/aromatic N) is 1. The van der Waals surface area contributed by atoms with E-state index in [0.717, 1.165) is 29.9 Å². The summed E-state index contributed by atoms with van der Waals surface area (Å²) >= 11 is 1.28. The molecule has 1 aliphatic heterocycles. The van der Waals surface area contributed by atoms with Crippen LogP contribution in [0.1, 0.15) is 25.0 Å². The third-order valence-corrected chi connectivity index (χ3v) is 5.79. The summed E-state index contributed by atoms with van der Waals surface area (Å²) in [5.74, 6) is 1.96. The van der Waals surface area contributed by atoms with Crippen molar-refractivity contribution in [3.05, 3.63) is 36.0 Å². The van der Waals surface area contributed by atoms with E-state index in [2.05, 4.69) is 10.5 Å². The molecule has 1 aromatic heterocycles. The first-order chi connectivity index (χ1) is 12.1. The van der Waals surface area contributed by atoms with Crippen molar-refractivity contribution in [2.45, 2.75) is 30.7 Å². The van der Waals surface area contributed by atoms with Crippen molar-refractivity contribution in [1.82, 2.24) is 10.5 Å². The molecule has 2 aliphatic rings. The summed E-state index contributed by atoms with van der Waals surface area (Å²) in [6.07, 6.45) is 2.13. The van der Waals surface area contributed by atoms with Crippen molar-refractivity contribution in [2.75, 3.05) is 12.9 Å². The minimum absolute atomic E-state index is 0.0429. The van der Waals surface area contributed by atoms with Gasteiger partial charge in [0.2, 0.25) is 11.0 Å². The summed E-state index contributed by atoms with van der Waals surface area (Å²) < 4.78 is 10.7. The number of amides is 1. The molecule has 1 atom stereocenters. The van der Waals surface area contributed by atoms with Crippen molar-refractivity contribution in [3.8, 4) is 17.1 Å². The van der Waals surface area contributed by atoms with Crippen LogP contribution in [0.3, 0.4) is 0 Å². The molecule has 1 amide bonds. The molecule has 1 N–H and O–H groups in total. The monoisotopic (exact) mass is 358 g/mol. The molecule has 0 spiro atoms. The number of nitrogens with one attached hydrogen (secondary N) is 1. The molecule has 2 fully saturated rings. The van der Waals surface area contributed by atoms with Gasteiger partial charge in [-0.15, -0.1) is 0 Å². The maximum Gasteiger partial charge on any atom is 0.233 e. The summed E-state index contributed by atoms with van der Waals surface area (Å²) in [4.78, 5) is 24.4. The van der Waals surface area contributed by atoms with E-state index in [-0.39, 0.29) is 17.1 Å². The number of aromatic nitrogens is 1. The van der Waals surface area contributed by atoms with Gasteiger partial charge in [0, 0.05) is 17.4 Å². The Morgan fingerprint density at radius 2 is 2.24 bits per heavy atom. The fourth-order valence-corrected chi connectivity index (χ4v) is 3.99. The Hall–Kier alpha value is -2.28. The van der Waals surface area contributed by atoms with Gasteiger partial charge in [-0.05, 0) is 31.4 Å². The molecule has 2 aromatic rings. The van der Waals surface area contributed by atoms with Crippen LogP contribution < -0.4 is 10.1 Å². The third kappa shape index (κ3) is 2.93. The van der Waals surface area contributed by atoms with Gasteiger partial charge in [-0.25, -0.2) is 0 Å². The van der Waals surface area contributed by atoms with Crippen LogP contribution in [0.2, 0.25) is 0 Å². The van der Waals surface area contributed by atoms with Gasteiger partial charge in [0.25, 0.3) is 0 Å². The number of carbonyl (C=O) groups is 2. The molecule has 2 heterocycles. The number of hydrogen-bond donors (Lipinski definition) is 1. The van der Waals surface area contributed by atoms with Crippen LogP contribution >= 0.6 is 11.8 Å². The molecule has 1 unspecified atom stereocenters. The minimum atomic E-state index is -0.659. The largest absolute Gasteiger partial charge is 0.497 e. The van der Waals surface area contributed by atoms with E-state index >= 15 is 0 Å². The van der Waals surface area contributed by atoms with Crippen LogP contribution in [0.4, 0.5) is 0 Å². The lowest BCUT2D eigenvalue weighted by atomic mass is 9.99. The Kier molecular flexibility index (Phi) is 4.03. The Morgan fingerprint density at radius 3 is 2.92 bits per heavy atom. The molecule has 0 bridgehead atoms. The lowest BCUT2D eigenvalue weighted by molar-refractivity contribution is -0.126. The molecule has 1 aromatic carbocycles. The highest BCUT2D eigenvalue weighted by Gasteiger charge is 2.54. The number of thioether (sulfide) groups is 1. The van der Waals surface area contributed by atoms with Crippen LogP contribution in [-0.2, 0) is 15.0 Å². The Labute approximate surface area is 149 Å². The summed E-state index contributed by atoms with van der Waals surface area (Å²) in [7, 11) is 1.61. The highest BCUT2D eigenvalue weighted by atomic mass is 32.2. The number of benzene rings is 1. The highest BCUT2D eigenvalue weighted by Crippen LogP contribution is 2.49. The molecule has 0 radical (unpaired) electrons. The summed E-state index contributed by atoms with van der Waals surface area (Å²) in [5.41, 5.74) is 0.811. The number of rotatable bonds is 5. The second-order valence-corrected chi connectivity index (χ2v) is 7.47. The topological polar surface area (TPSA) is 81.4 Å². The second kappa shape index (κ2) is 6.22. The summed E-state index contributed by atoms with van der Waals surface area (Å²) in [5, 5.41) is 7.06. The van der Waals surface area contributed by atoms with Gasteiger partial charge in [0.15, 0.2) is 5.76 Å². The van der Waals surface area contributed by atoms with Crippen LogP contribution in [0.15, 0.2) is 34.9 Å². The predicted molar refractivity (Wildman–Crippen MR) is 93.4 cm³/mol. The quantitative estimate of drug-likeness (QED) is 0.884. The normalized spacial score (nSPS) is 21.2. The van der Waals surface area contributed by atoms with Crippen molar-refractivity contribution in [1.29, 1.82) is 0 Å². The average Bonchev–Trinajstić information content (AvgIpc) is 3.12. The van der Waals surface area contributed by atoms with Gasteiger partial charge in [0.05, 0.1) is 24.3 Å². The van der Waals surface area contributed by atoms with E-state index in [0.29, 0.717) is 17.9 Å². The van der Waals surface area contributed by atoms with E-state index < -0.39 is 5.41 Å². The van der Waals surface area contributed by atoms with Crippen molar-refractivity contribution >= 4 is 22.8 Å². The maximum absolute atomic E-state index is 12.7. The Morgan fingerprint density at radius 1 is 1.40 bits per heavy atom. The number of methoxy groups -OCH3 is 1. The number of carbonyl (C=O) groups excluding carboxylic acids is 2. The average molecular weight is 358 g/mol. The number of ether oxygens (including phenoxy) is 1. The van der Waals surface area contributed by atoms with Crippen molar-refractivity contribution in [3.63, 3.8) is 0 Å². The van der Waals surface area contributed by atoms with Gasteiger partial charge in [-0.2, -0.15) is 0 Å². The Balaban J connectivity index is 1.54. The fourth-order valence-electron chi connectivity index (χ4n) is 3.06. The van der Waals surface area contributed by atoms with E-state index in [9.17, 15) is 9.59 Å². The standard InChI is InChI=1S/C18H18N2O4S/c1-23-12-4-2-3-11(9-12)14-10-15(20-24-14)18(6-7-18)17(22)19-13-5-8-25-16(13)21/h2-4,9-10,13H,5-8H2,1H3,(H,19,22). The van der Waals surface area contributed by atoms with Gasteiger partial charge in [-0.3, -0.25) is 9.59 Å². The third-order valence-electron chi connectivity index (χ3n) is 4.78. The van der Waals surface area contributed by atoms with Crippen LogP contribution in [0.25, 0.3) is 11.3 Å². The molecular formula is C18H18N2O4S. The summed E-state index contributed by atoms with van der Waals surface area (Å²) in [6, 6.07) is 8.93. The molecular weight excluding hydrogens is 340 g/mol.